The van der Waals surface area contributed by atoms with Gasteiger partial charge in [-0.1, -0.05) is 32.6 Å². The van der Waals surface area contributed by atoms with Gasteiger partial charge in [-0.3, -0.25) is 0 Å². The van der Waals surface area contributed by atoms with Gasteiger partial charge in [0.05, 0.1) is 0 Å². The Morgan fingerprint density at radius 1 is 1.11 bits per heavy atom. The van der Waals surface area contributed by atoms with Crippen molar-refractivity contribution in [1.29, 1.82) is 0 Å². The van der Waals surface area contributed by atoms with Gasteiger partial charge in [-0.15, -0.1) is 0 Å². The summed E-state index contributed by atoms with van der Waals surface area (Å²) in [5.74, 6) is 0.964. The summed E-state index contributed by atoms with van der Waals surface area (Å²) in [6.07, 6.45) is 12.7. The maximum Gasteiger partial charge on any atom is 0.00967 e. The molecule has 2 unspecified atom stereocenters. The fraction of sp³-hybridized carbons (Fsp3) is 1.00. The maximum atomic E-state index is 3.70. The molecule has 0 bridgehead atoms. The van der Waals surface area contributed by atoms with E-state index in [4.69, 9.17) is 0 Å². The van der Waals surface area contributed by atoms with Crippen LogP contribution in [0, 0.1) is 5.92 Å². The number of nitrogens with zero attached hydrogens (tertiary/aromatic N) is 1. The second kappa shape index (κ2) is 8.26. The Balaban J connectivity index is 1.61. The minimum atomic E-state index is 0.814. The Hall–Kier alpha value is -0.0800. The average molecular weight is 266 g/mol. The largest absolute Gasteiger partial charge is 0.314 e. The Morgan fingerprint density at radius 3 is 2.53 bits per heavy atom. The Bertz CT molecular complexity index is 227. The van der Waals surface area contributed by atoms with Gasteiger partial charge in [0.25, 0.3) is 0 Å². The summed E-state index contributed by atoms with van der Waals surface area (Å²) >= 11 is 0. The molecule has 0 aromatic carbocycles. The SMILES string of the molecule is CCCCCCC(C)N1CCC(C2CCCN2)CC1. The highest BCUT2D eigenvalue weighted by atomic mass is 15.2. The molecule has 0 aromatic rings. The van der Waals surface area contributed by atoms with Gasteiger partial charge < -0.3 is 10.2 Å². The van der Waals surface area contributed by atoms with Gasteiger partial charge in [0, 0.05) is 12.1 Å². The predicted molar refractivity (Wildman–Crippen MR) is 83.5 cm³/mol. The molecular weight excluding hydrogens is 232 g/mol. The number of unbranched alkanes of at least 4 members (excludes halogenated alkanes) is 3. The zero-order valence-corrected chi connectivity index (χ0v) is 13.2. The summed E-state index contributed by atoms with van der Waals surface area (Å²) < 4.78 is 0. The molecule has 112 valence electrons. The molecule has 2 fully saturated rings. The summed E-state index contributed by atoms with van der Waals surface area (Å²) in [6, 6.07) is 1.66. The molecule has 0 saturated carbocycles. The number of rotatable bonds is 7. The fourth-order valence-electron chi connectivity index (χ4n) is 3.93. The van der Waals surface area contributed by atoms with Crippen LogP contribution in [0.1, 0.15) is 71.6 Å². The molecule has 2 heterocycles. The fourth-order valence-corrected chi connectivity index (χ4v) is 3.93. The van der Waals surface area contributed by atoms with Gasteiger partial charge in [0.2, 0.25) is 0 Å². The van der Waals surface area contributed by atoms with Gasteiger partial charge in [-0.2, -0.15) is 0 Å². The summed E-state index contributed by atoms with van der Waals surface area (Å²) in [7, 11) is 0. The molecule has 0 amide bonds. The quantitative estimate of drug-likeness (QED) is 0.705. The van der Waals surface area contributed by atoms with Crippen molar-refractivity contribution >= 4 is 0 Å². The highest BCUT2D eigenvalue weighted by molar-refractivity contribution is 4.86. The van der Waals surface area contributed by atoms with Crippen molar-refractivity contribution in [2.75, 3.05) is 19.6 Å². The van der Waals surface area contributed by atoms with Crippen LogP contribution in [0.15, 0.2) is 0 Å². The number of likely N-dealkylation sites (tertiary alicyclic amines) is 1. The lowest BCUT2D eigenvalue weighted by Crippen LogP contribution is -2.44. The third-order valence-electron chi connectivity index (χ3n) is 5.34. The Morgan fingerprint density at radius 2 is 1.89 bits per heavy atom. The smallest absolute Gasteiger partial charge is 0.00967 e. The van der Waals surface area contributed by atoms with E-state index in [0.29, 0.717) is 0 Å². The van der Waals surface area contributed by atoms with Crippen LogP contribution in [0.3, 0.4) is 0 Å². The van der Waals surface area contributed by atoms with Crippen LogP contribution in [0.5, 0.6) is 0 Å². The molecule has 2 saturated heterocycles. The molecular formula is C17H34N2. The van der Waals surface area contributed by atoms with Crippen molar-refractivity contribution in [2.45, 2.75) is 83.7 Å². The van der Waals surface area contributed by atoms with E-state index in [9.17, 15) is 0 Å². The molecule has 0 radical (unpaired) electrons. The van der Waals surface area contributed by atoms with Crippen molar-refractivity contribution in [1.82, 2.24) is 10.2 Å². The summed E-state index contributed by atoms with van der Waals surface area (Å²) in [5, 5.41) is 3.70. The number of nitrogens with one attached hydrogen (secondary N) is 1. The number of piperidine rings is 1. The standard InChI is InChI=1S/C17H34N2/c1-3-4-5-6-8-15(2)19-13-10-16(11-14-19)17-9-7-12-18-17/h15-18H,3-14H2,1-2H3. The lowest BCUT2D eigenvalue weighted by molar-refractivity contribution is 0.120. The molecule has 2 nitrogen and oxygen atoms in total. The molecule has 2 atom stereocenters. The van der Waals surface area contributed by atoms with Gasteiger partial charge in [-0.05, 0) is 64.6 Å². The van der Waals surface area contributed by atoms with Crippen LogP contribution in [-0.2, 0) is 0 Å². The molecule has 2 rings (SSSR count). The van der Waals surface area contributed by atoms with Crippen molar-refractivity contribution in [2.24, 2.45) is 5.92 Å². The zero-order valence-electron chi connectivity index (χ0n) is 13.2. The van der Waals surface area contributed by atoms with Crippen molar-refractivity contribution in [3.8, 4) is 0 Å². The third-order valence-corrected chi connectivity index (χ3v) is 5.34. The van der Waals surface area contributed by atoms with Crippen molar-refractivity contribution in [3.63, 3.8) is 0 Å². The first-order valence-corrected chi connectivity index (χ1v) is 8.78. The average Bonchev–Trinajstić information content (AvgIpc) is 2.98. The highest BCUT2D eigenvalue weighted by Gasteiger charge is 2.29. The second-order valence-corrected chi connectivity index (χ2v) is 6.77. The molecule has 1 N–H and O–H groups in total. The van der Waals surface area contributed by atoms with Crippen LogP contribution in [0.4, 0.5) is 0 Å². The van der Waals surface area contributed by atoms with Crippen LogP contribution < -0.4 is 5.32 Å². The third kappa shape index (κ3) is 4.75. The zero-order chi connectivity index (χ0) is 13.5. The van der Waals surface area contributed by atoms with Crippen LogP contribution in [0.25, 0.3) is 0 Å². The van der Waals surface area contributed by atoms with Crippen LogP contribution >= 0.6 is 0 Å². The van der Waals surface area contributed by atoms with E-state index in [2.05, 4.69) is 24.1 Å². The number of hydrogen-bond acceptors (Lipinski definition) is 2. The summed E-state index contributed by atoms with van der Waals surface area (Å²) in [5.41, 5.74) is 0. The maximum absolute atomic E-state index is 3.70. The van der Waals surface area contributed by atoms with E-state index in [0.717, 1.165) is 18.0 Å². The Labute approximate surface area is 120 Å². The van der Waals surface area contributed by atoms with Gasteiger partial charge in [0.1, 0.15) is 0 Å². The first-order chi connectivity index (χ1) is 9.31. The molecule has 0 spiro atoms. The lowest BCUT2D eigenvalue weighted by Gasteiger charge is -2.38. The van der Waals surface area contributed by atoms with Crippen LogP contribution in [0.2, 0.25) is 0 Å². The molecule has 2 aliphatic heterocycles. The summed E-state index contributed by atoms with van der Waals surface area (Å²) in [4.78, 5) is 2.75. The van der Waals surface area contributed by atoms with E-state index in [1.807, 2.05) is 0 Å². The van der Waals surface area contributed by atoms with E-state index in [-0.39, 0.29) is 0 Å². The van der Waals surface area contributed by atoms with E-state index < -0.39 is 0 Å². The van der Waals surface area contributed by atoms with E-state index in [1.54, 1.807) is 0 Å². The van der Waals surface area contributed by atoms with Crippen molar-refractivity contribution < 1.29 is 0 Å². The van der Waals surface area contributed by atoms with E-state index >= 15 is 0 Å². The van der Waals surface area contributed by atoms with Gasteiger partial charge in [-0.25, -0.2) is 0 Å². The normalized spacial score (nSPS) is 27.8. The predicted octanol–water partition coefficient (Wildman–Crippen LogP) is 3.81. The van der Waals surface area contributed by atoms with E-state index in [1.165, 1.54) is 77.4 Å². The first-order valence-electron chi connectivity index (χ1n) is 8.78. The number of hydrogen-bond donors (Lipinski definition) is 1. The molecule has 2 aliphatic rings. The Kier molecular flexibility index (Phi) is 6.66. The first kappa shape index (κ1) is 15.3. The molecule has 0 aromatic heterocycles. The topological polar surface area (TPSA) is 15.3 Å². The molecule has 0 aliphatic carbocycles. The monoisotopic (exact) mass is 266 g/mol. The van der Waals surface area contributed by atoms with Crippen LogP contribution in [-0.4, -0.2) is 36.6 Å². The summed E-state index contributed by atoms with van der Waals surface area (Å²) in [6.45, 7) is 8.69. The minimum Gasteiger partial charge on any atom is -0.314 e. The van der Waals surface area contributed by atoms with Gasteiger partial charge in [0.15, 0.2) is 0 Å². The van der Waals surface area contributed by atoms with Gasteiger partial charge >= 0.3 is 0 Å². The second-order valence-electron chi connectivity index (χ2n) is 6.77. The molecule has 19 heavy (non-hydrogen) atoms. The van der Waals surface area contributed by atoms with Crippen molar-refractivity contribution in [3.05, 3.63) is 0 Å². The highest BCUT2D eigenvalue weighted by Crippen LogP contribution is 2.27. The molecule has 2 heteroatoms. The minimum absolute atomic E-state index is 0.814. The lowest BCUT2D eigenvalue weighted by atomic mass is 9.88.